The molecule has 0 atom stereocenters. The predicted octanol–water partition coefficient (Wildman–Crippen LogP) is 1.05. The Morgan fingerprint density at radius 3 is 2.72 bits per heavy atom. The smallest absolute Gasteiger partial charge is 0.222 e. The fourth-order valence-electron chi connectivity index (χ4n) is 0.923. The van der Waals surface area contributed by atoms with Crippen LogP contribution in [0.15, 0.2) is 0 Å². The monoisotopic (exact) mass is 296 g/mol. The van der Waals surface area contributed by atoms with E-state index in [1.165, 1.54) is 0 Å². The molecule has 7 heteroatoms. The lowest BCUT2D eigenvalue weighted by Crippen LogP contribution is -2.24. The van der Waals surface area contributed by atoms with Crippen molar-refractivity contribution < 1.29 is 15.7 Å². The second-order valence-corrected chi connectivity index (χ2v) is 5.98. The first-order chi connectivity index (χ1) is 9.20. The number of amides is 2. The maximum atomic E-state index is 11.0. The molecule has 0 aromatic carbocycles. The van der Waals surface area contributed by atoms with E-state index >= 15 is 0 Å². The van der Waals surface area contributed by atoms with Crippen molar-refractivity contribution in [2.75, 3.05) is 38.3 Å². The number of carbonyl (C=O) groups excluding carboxylic acids is 2. The van der Waals surface area contributed by atoms with Crippen LogP contribution in [0.4, 0.5) is 0 Å². The molecule has 0 aromatic rings. The van der Waals surface area contributed by atoms with Crippen molar-refractivity contribution in [1.82, 2.24) is 10.6 Å². The van der Waals surface area contributed by atoms with Crippen LogP contribution in [0.3, 0.4) is 0 Å². The molecule has 0 spiro atoms. The summed E-state index contributed by atoms with van der Waals surface area (Å²) in [7, 11) is 4.97. The van der Waals surface area contributed by atoms with Gasteiger partial charge in [-0.3, -0.25) is 9.59 Å². The Kier molecular flexibility index (Phi) is 11.3. The van der Waals surface area contributed by atoms with E-state index in [0.717, 1.165) is 11.5 Å². The Balaban J connectivity index is 3.11. The van der Waals surface area contributed by atoms with Crippen LogP contribution in [0.1, 0.15) is 21.1 Å². The lowest BCUT2D eigenvalue weighted by Gasteiger charge is -2.04. The highest BCUT2D eigenvalue weighted by molar-refractivity contribution is 8.76. The minimum absolute atomic E-state index is 0.00884. The maximum Gasteiger partial charge on any atom is 0.222 e. The zero-order valence-corrected chi connectivity index (χ0v) is 12.3. The maximum absolute atomic E-state index is 11.0. The number of ether oxygens (including phenoxy) is 1. The summed E-state index contributed by atoms with van der Waals surface area (Å²) in [6.07, 6.45) is 0.674. The molecule has 18 heavy (non-hydrogen) atoms. The summed E-state index contributed by atoms with van der Waals surface area (Å²) in [5, 5.41) is 5.28. The van der Waals surface area contributed by atoms with Crippen LogP contribution in [0.25, 0.3) is 0 Å². The van der Waals surface area contributed by atoms with Gasteiger partial charge in [0.05, 0.1) is 13.2 Å². The lowest BCUT2D eigenvalue weighted by molar-refractivity contribution is -0.122. The van der Waals surface area contributed by atoms with Gasteiger partial charge in [-0.2, -0.15) is 0 Å². The average Bonchev–Trinajstić information content (AvgIpc) is 2.40. The van der Waals surface area contributed by atoms with Gasteiger partial charge in [-0.25, -0.2) is 0 Å². The zero-order valence-electron chi connectivity index (χ0n) is 11.7. The van der Waals surface area contributed by atoms with Gasteiger partial charge >= 0.3 is 0 Å². The number of rotatable bonds is 11. The van der Waals surface area contributed by atoms with E-state index in [2.05, 4.69) is 10.6 Å². The van der Waals surface area contributed by atoms with Gasteiger partial charge in [-0.05, 0) is 0 Å². The molecule has 0 bridgehead atoms. The van der Waals surface area contributed by atoms with Gasteiger partial charge in [0.15, 0.2) is 0 Å². The van der Waals surface area contributed by atoms with Crippen LogP contribution < -0.4 is 10.6 Å². The molecule has 5 nitrogen and oxygen atoms in total. The molecular formula is C11H22N2O3S2. The SMILES string of the molecule is [3H]CCC(=O)NCCSSCCOCCC(=O)NC. The lowest BCUT2D eigenvalue weighted by atomic mass is 10.4. The molecule has 0 heterocycles. The summed E-state index contributed by atoms with van der Waals surface area (Å²) in [6, 6.07) is 0. The van der Waals surface area contributed by atoms with E-state index in [1.807, 2.05) is 0 Å². The fourth-order valence-corrected chi connectivity index (χ4v) is 2.69. The third-order valence-corrected chi connectivity index (χ3v) is 4.25. The topological polar surface area (TPSA) is 67.4 Å². The minimum atomic E-state index is -0.0573. The molecular weight excluding hydrogens is 272 g/mol. The molecule has 0 rings (SSSR count). The van der Waals surface area contributed by atoms with Gasteiger partial charge in [0.2, 0.25) is 11.8 Å². The van der Waals surface area contributed by atoms with Crippen LogP contribution in [-0.4, -0.2) is 50.1 Å². The fraction of sp³-hybridized carbons (Fsp3) is 0.818. The summed E-state index contributed by atoms with van der Waals surface area (Å²) < 4.78 is 12.2. The summed E-state index contributed by atoms with van der Waals surface area (Å²) >= 11 is 0. The first-order valence-electron chi connectivity index (χ1n) is 6.50. The highest BCUT2D eigenvalue weighted by Crippen LogP contribution is 2.19. The predicted molar refractivity (Wildman–Crippen MR) is 77.7 cm³/mol. The highest BCUT2D eigenvalue weighted by Gasteiger charge is 1.98. The molecule has 0 fully saturated rings. The van der Waals surface area contributed by atoms with Gasteiger partial charge in [0.25, 0.3) is 0 Å². The van der Waals surface area contributed by atoms with Crippen LogP contribution in [0, 0.1) is 0 Å². The second kappa shape index (κ2) is 13.0. The first-order valence-corrected chi connectivity index (χ1v) is 8.28. The van der Waals surface area contributed by atoms with Crippen molar-refractivity contribution >= 4 is 33.4 Å². The molecule has 2 N–H and O–H groups in total. The van der Waals surface area contributed by atoms with Gasteiger partial charge in [0.1, 0.15) is 0 Å². The van der Waals surface area contributed by atoms with Gasteiger partial charge in [0, 0.05) is 39.3 Å². The minimum Gasteiger partial charge on any atom is -0.380 e. The van der Waals surface area contributed by atoms with Crippen LogP contribution in [-0.2, 0) is 14.3 Å². The molecule has 0 saturated heterocycles. The largest absolute Gasteiger partial charge is 0.380 e. The summed E-state index contributed by atoms with van der Waals surface area (Å²) in [5.74, 6) is 1.63. The quantitative estimate of drug-likeness (QED) is 0.440. The molecule has 0 unspecified atom stereocenters. The first kappa shape index (κ1) is 15.7. The normalized spacial score (nSPS) is 10.8. The zero-order chi connectivity index (χ0) is 14.3. The Labute approximate surface area is 118 Å². The van der Waals surface area contributed by atoms with Gasteiger partial charge in [-0.15, -0.1) is 0 Å². The van der Waals surface area contributed by atoms with Crippen molar-refractivity contribution in [2.45, 2.75) is 19.7 Å². The number of nitrogens with one attached hydrogen (secondary N) is 2. The Hall–Kier alpha value is -0.400. The molecule has 0 radical (unpaired) electrons. The molecule has 2 amide bonds. The van der Waals surface area contributed by atoms with E-state index in [1.54, 1.807) is 28.6 Å². The van der Waals surface area contributed by atoms with Crippen molar-refractivity contribution in [3.8, 4) is 0 Å². The van der Waals surface area contributed by atoms with E-state index in [9.17, 15) is 9.59 Å². The molecule has 106 valence electrons. The summed E-state index contributed by atoms with van der Waals surface area (Å²) in [4.78, 5) is 21.9. The molecule has 0 aliphatic carbocycles. The van der Waals surface area contributed by atoms with Gasteiger partial charge in [-0.1, -0.05) is 28.5 Å². The van der Waals surface area contributed by atoms with Crippen LogP contribution >= 0.6 is 21.6 Å². The van der Waals surface area contributed by atoms with Crippen LogP contribution in [0.2, 0.25) is 0 Å². The third kappa shape index (κ3) is 12.1. The number of hydrogen-bond acceptors (Lipinski definition) is 5. The Bertz CT molecular complexity index is 258. The second-order valence-electron chi connectivity index (χ2n) is 3.28. The Morgan fingerprint density at radius 1 is 1.22 bits per heavy atom. The van der Waals surface area contributed by atoms with Crippen molar-refractivity contribution in [3.05, 3.63) is 0 Å². The summed E-state index contributed by atoms with van der Waals surface area (Å²) in [5.41, 5.74) is 0. The Morgan fingerprint density at radius 2 is 2.00 bits per heavy atom. The number of carbonyl (C=O) groups is 2. The molecule has 0 aromatic heterocycles. The van der Waals surface area contributed by atoms with E-state index in [4.69, 9.17) is 6.11 Å². The standard InChI is InChI=1S/C11H22N2O3S2/c1-3-10(14)13-5-8-17-18-9-7-16-6-4-11(15)12-2/h3-9H2,1-2H3,(H,12,15)(H,13,14)/i1T. The molecule has 0 saturated carbocycles. The molecule has 0 aliphatic heterocycles. The highest BCUT2D eigenvalue weighted by atomic mass is 33.1. The van der Waals surface area contributed by atoms with E-state index in [0.29, 0.717) is 26.2 Å². The van der Waals surface area contributed by atoms with Crippen LogP contribution in [0.5, 0.6) is 0 Å². The van der Waals surface area contributed by atoms with E-state index < -0.39 is 0 Å². The van der Waals surface area contributed by atoms with Gasteiger partial charge < -0.3 is 15.4 Å². The van der Waals surface area contributed by atoms with Crippen molar-refractivity contribution in [3.63, 3.8) is 0 Å². The third-order valence-electron chi connectivity index (χ3n) is 1.88. The van der Waals surface area contributed by atoms with E-state index in [-0.39, 0.29) is 25.1 Å². The number of hydrogen-bond donors (Lipinski definition) is 2. The average molecular weight is 296 g/mol. The van der Waals surface area contributed by atoms with Crippen molar-refractivity contribution in [1.29, 1.82) is 0 Å². The van der Waals surface area contributed by atoms with Crippen molar-refractivity contribution in [2.24, 2.45) is 0 Å². The summed E-state index contributed by atoms with van der Waals surface area (Å²) in [6.45, 7) is 1.85. The molecule has 0 aliphatic rings.